The molecule has 1 saturated carbocycles. The van der Waals surface area contributed by atoms with E-state index in [1.807, 2.05) is 13.8 Å². The minimum Gasteiger partial charge on any atom is -0.409 e. The first-order chi connectivity index (χ1) is 8.02. The van der Waals surface area contributed by atoms with Crippen LogP contribution in [-0.2, 0) is 4.79 Å². The van der Waals surface area contributed by atoms with E-state index in [2.05, 4.69) is 5.16 Å². The van der Waals surface area contributed by atoms with Gasteiger partial charge >= 0.3 is 0 Å². The van der Waals surface area contributed by atoms with Crippen molar-refractivity contribution in [3.63, 3.8) is 0 Å². The number of nitrogens with zero attached hydrogens (tertiary/aromatic N) is 2. The third-order valence-electron chi connectivity index (χ3n) is 2.98. The average molecular weight is 243 g/mol. The predicted octanol–water partition coefficient (Wildman–Crippen LogP) is -0.0117. The van der Waals surface area contributed by atoms with Gasteiger partial charge in [-0.2, -0.15) is 0 Å². The van der Waals surface area contributed by atoms with E-state index in [4.69, 9.17) is 16.0 Å². The van der Waals surface area contributed by atoms with E-state index in [-0.39, 0.29) is 30.3 Å². The van der Waals surface area contributed by atoms with Crippen LogP contribution in [0.5, 0.6) is 0 Å². The molecule has 0 aliphatic heterocycles. The van der Waals surface area contributed by atoms with Crippen LogP contribution in [0.15, 0.2) is 5.16 Å². The standard InChI is InChI=1S/C11H21N3O3/c1-7(2)9(10(12)13-17)11(16)14(5-6-15)8-3-4-8/h7-9,15,17H,3-6H2,1-2H3,(H2,12,13). The van der Waals surface area contributed by atoms with Crippen LogP contribution in [0.1, 0.15) is 26.7 Å². The maximum Gasteiger partial charge on any atom is 0.233 e. The van der Waals surface area contributed by atoms with Crippen LogP contribution < -0.4 is 5.73 Å². The number of oxime groups is 1. The van der Waals surface area contributed by atoms with Gasteiger partial charge in [-0.1, -0.05) is 19.0 Å². The Hall–Kier alpha value is -1.30. The second-order valence-corrected chi connectivity index (χ2v) is 4.73. The number of amides is 1. The van der Waals surface area contributed by atoms with Gasteiger partial charge in [0, 0.05) is 12.6 Å². The summed E-state index contributed by atoms with van der Waals surface area (Å²) in [6, 6.07) is 0.211. The molecule has 0 spiro atoms. The Labute approximate surface area is 101 Å². The fraction of sp³-hybridized carbons (Fsp3) is 0.818. The molecular weight excluding hydrogens is 222 g/mol. The molecule has 6 heteroatoms. The van der Waals surface area contributed by atoms with Gasteiger partial charge in [-0.25, -0.2) is 0 Å². The molecule has 0 saturated heterocycles. The van der Waals surface area contributed by atoms with Crippen molar-refractivity contribution in [2.45, 2.75) is 32.7 Å². The SMILES string of the molecule is CC(C)C(C(=O)N(CCO)C1CC1)C(N)=NO. The van der Waals surface area contributed by atoms with Crippen LogP contribution in [0, 0.1) is 11.8 Å². The molecule has 17 heavy (non-hydrogen) atoms. The smallest absolute Gasteiger partial charge is 0.233 e. The van der Waals surface area contributed by atoms with E-state index in [1.54, 1.807) is 4.90 Å². The topological polar surface area (TPSA) is 99.2 Å². The quantitative estimate of drug-likeness (QED) is 0.264. The number of carbonyl (C=O) groups excluding carboxylic acids is 1. The zero-order valence-corrected chi connectivity index (χ0v) is 10.3. The summed E-state index contributed by atoms with van der Waals surface area (Å²) in [4.78, 5) is 13.9. The molecule has 0 heterocycles. The third-order valence-corrected chi connectivity index (χ3v) is 2.98. The molecule has 1 amide bonds. The van der Waals surface area contributed by atoms with Crippen molar-refractivity contribution in [3.8, 4) is 0 Å². The summed E-state index contributed by atoms with van der Waals surface area (Å²) in [5, 5.41) is 20.6. The Morgan fingerprint density at radius 1 is 1.53 bits per heavy atom. The number of carbonyl (C=O) groups is 1. The number of aliphatic hydroxyl groups excluding tert-OH is 1. The molecule has 1 fully saturated rings. The molecule has 98 valence electrons. The molecule has 6 nitrogen and oxygen atoms in total. The lowest BCUT2D eigenvalue weighted by Crippen LogP contribution is -2.46. The highest BCUT2D eigenvalue weighted by Gasteiger charge is 2.38. The van der Waals surface area contributed by atoms with E-state index < -0.39 is 5.92 Å². The first-order valence-corrected chi connectivity index (χ1v) is 5.91. The van der Waals surface area contributed by atoms with Gasteiger partial charge in [0.15, 0.2) is 5.84 Å². The molecule has 1 rings (SSSR count). The van der Waals surface area contributed by atoms with Crippen LogP contribution in [0.2, 0.25) is 0 Å². The zero-order chi connectivity index (χ0) is 13.0. The average Bonchev–Trinajstić information content (AvgIpc) is 3.08. The molecule has 1 unspecified atom stereocenters. The zero-order valence-electron chi connectivity index (χ0n) is 10.3. The fourth-order valence-electron chi connectivity index (χ4n) is 1.96. The lowest BCUT2D eigenvalue weighted by Gasteiger charge is -2.28. The number of hydrogen-bond acceptors (Lipinski definition) is 4. The molecule has 4 N–H and O–H groups in total. The molecule has 0 bridgehead atoms. The summed E-state index contributed by atoms with van der Waals surface area (Å²) in [5.41, 5.74) is 5.56. The second-order valence-electron chi connectivity index (χ2n) is 4.73. The lowest BCUT2D eigenvalue weighted by atomic mass is 9.93. The van der Waals surface area contributed by atoms with Crippen molar-refractivity contribution in [3.05, 3.63) is 0 Å². The maximum absolute atomic E-state index is 12.3. The van der Waals surface area contributed by atoms with Crippen LogP contribution in [0.3, 0.4) is 0 Å². The van der Waals surface area contributed by atoms with Gasteiger partial charge in [-0.3, -0.25) is 4.79 Å². The van der Waals surface area contributed by atoms with Crippen molar-refractivity contribution in [2.75, 3.05) is 13.2 Å². The van der Waals surface area contributed by atoms with Gasteiger partial charge in [0.2, 0.25) is 5.91 Å². The minimum absolute atomic E-state index is 0.0432. The third kappa shape index (κ3) is 3.33. The summed E-state index contributed by atoms with van der Waals surface area (Å²) < 4.78 is 0. The maximum atomic E-state index is 12.3. The summed E-state index contributed by atoms with van der Waals surface area (Å²) in [7, 11) is 0. The van der Waals surface area contributed by atoms with Crippen molar-refractivity contribution in [1.29, 1.82) is 0 Å². The molecule has 1 aliphatic carbocycles. The first-order valence-electron chi connectivity index (χ1n) is 5.91. The molecule has 0 radical (unpaired) electrons. The molecule has 1 atom stereocenters. The molecular formula is C11H21N3O3. The highest BCUT2D eigenvalue weighted by molar-refractivity contribution is 6.02. The molecule has 1 aliphatic rings. The molecule has 0 aromatic rings. The number of hydrogen-bond donors (Lipinski definition) is 3. The number of rotatable bonds is 6. The van der Waals surface area contributed by atoms with Crippen LogP contribution in [0.25, 0.3) is 0 Å². The van der Waals surface area contributed by atoms with Crippen molar-refractivity contribution >= 4 is 11.7 Å². The van der Waals surface area contributed by atoms with E-state index in [0.29, 0.717) is 6.54 Å². The van der Waals surface area contributed by atoms with Gasteiger partial charge in [0.05, 0.1) is 6.61 Å². The summed E-state index contributed by atoms with van der Waals surface area (Å²) in [5.74, 6) is -0.883. The lowest BCUT2D eigenvalue weighted by molar-refractivity contribution is -0.135. The van der Waals surface area contributed by atoms with Crippen molar-refractivity contribution in [2.24, 2.45) is 22.7 Å². The van der Waals surface area contributed by atoms with Gasteiger partial charge in [-0.15, -0.1) is 0 Å². The van der Waals surface area contributed by atoms with Gasteiger partial charge in [0.1, 0.15) is 5.92 Å². The normalized spacial score (nSPS) is 18.2. The summed E-state index contributed by atoms with van der Waals surface area (Å²) in [6.45, 7) is 3.95. The van der Waals surface area contributed by atoms with E-state index in [0.717, 1.165) is 12.8 Å². The summed E-state index contributed by atoms with van der Waals surface area (Å²) >= 11 is 0. The van der Waals surface area contributed by atoms with E-state index in [9.17, 15) is 4.79 Å². The highest BCUT2D eigenvalue weighted by Crippen LogP contribution is 2.29. The Kier molecular flexibility index (Phi) is 4.74. The highest BCUT2D eigenvalue weighted by atomic mass is 16.4. The van der Waals surface area contributed by atoms with Crippen molar-refractivity contribution in [1.82, 2.24) is 4.90 Å². The van der Waals surface area contributed by atoms with Gasteiger partial charge in [0.25, 0.3) is 0 Å². The monoisotopic (exact) mass is 243 g/mol. The van der Waals surface area contributed by atoms with Crippen molar-refractivity contribution < 1.29 is 15.1 Å². The Bertz CT molecular complexity index is 300. The molecule has 0 aromatic heterocycles. The largest absolute Gasteiger partial charge is 0.409 e. The Balaban J connectivity index is 2.81. The summed E-state index contributed by atoms with van der Waals surface area (Å²) in [6.07, 6.45) is 1.93. The van der Waals surface area contributed by atoms with Crippen LogP contribution in [-0.4, -0.2) is 46.1 Å². The van der Waals surface area contributed by atoms with E-state index in [1.165, 1.54) is 0 Å². The van der Waals surface area contributed by atoms with Gasteiger partial charge < -0.3 is 20.9 Å². The Morgan fingerprint density at radius 3 is 2.47 bits per heavy atom. The van der Waals surface area contributed by atoms with Crippen LogP contribution in [0.4, 0.5) is 0 Å². The molecule has 0 aromatic carbocycles. The number of nitrogens with two attached hydrogens (primary N) is 1. The Morgan fingerprint density at radius 2 is 2.12 bits per heavy atom. The minimum atomic E-state index is -0.618. The fourth-order valence-corrected chi connectivity index (χ4v) is 1.96. The number of aliphatic hydroxyl groups is 1. The van der Waals surface area contributed by atoms with E-state index >= 15 is 0 Å². The van der Waals surface area contributed by atoms with Gasteiger partial charge in [-0.05, 0) is 18.8 Å². The van der Waals surface area contributed by atoms with Crippen LogP contribution >= 0.6 is 0 Å². The number of amidine groups is 1. The predicted molar refractivity (Wildman–Crippen MR) is 63.6 cm³/mol. The second kappa shape index (κ2) is 5.86. The first kappa shape index (κ1) is 13.8.